The van der Waals surface area contributed by atoms with Gasteiger partial charge >= 0.3 is 10.5 Å². The van der Waals surface area contributed by atoms with Gasteiger partial charge in [-0.2, -0.15) is 8.42 Å². The van der Waals surface area contributed by atoms with Crippen LogP contribution >= 0.6 is 0 Å². The lowest BCUT2D eigenvalue weighted by molar-refractivity contribution is 0.260. The fraction of sp³-hybridized carbons (Fsp3) is 1.00. The largest absolute Gasteiger partial charge is 0.437 e. The second-order valence-corrected chi connectivity index (χ2v) is 1.93. The molecule has 0 rings (SSSR count). The Kier molecular flexibility index (Phi) is 2.85. The third-order valence-electron chi connectivity index (χ3n) is 0.301. The van der Waals surface area contributed by atoms with Crippen molar-refractivity contribution in [1.82, 2.24) is 0 Å². The van der Waals surface area contributed by atoms with Gasteiger partial charge in [0.25, 0.3) is 0 Å². The van der Waals surface area contributed by atoms with Crippen LogP contribution in [0.3, 0.4) is 0 Å². The first-order chi connectivity index (χ1) is 3.56. The molecule has 0 radical (unpaired) electrons. The highest BCUT2D eigenvalue weighted by Gasteiger charge is 2.04. The maximum atomic E-state index is 11.2. The smallest absolute Gasteiger partial charge is 0.249 e. The van der Waals surface area contributed by atoms with Crippen LogP contribution in [0.25, 0.3) is 0 Å². The van der Waals surface area contributed by atoms with E-state index in [0.29, 0.717) is 0 Å². The van der Waals surface area contributed by atoms with E-state index >= 15 is 0 Å². The number of rotatable bonds is 3. The third kappa shape index (κ3) is 5.77. The molecule has 0 spiro atoms. The van der Waals surface area contributed by atoms with Crippen LogP contribution in [0, 0.1) is 0 Å². The van der Waals surface area contributed by atoms with E-state index in [9.17, 15) is 16.7 Å². The summed E-state index contributed by atoms with van der Waals surface area (Å²) >= 11 is 0. The van der Waals surface area contributed by atoms with E-state index in [1.54, 1.807) is 0 Å². The molecule has 6 heteroatoms. The summed E-state index contributed by atoms with van der Waals surface area (Å²) in [5, 5.41) is 0. The van der Waals surface area contributed by atoms with Crippen LogP contribution in [0.2, 0.25) is 0 Å². The summed E-state index contributed by atoms with van der Waals surface area (Å²) in [5.74, 6) is 0. The molecule has 0 N–H and O–H groups in total. The molecule has 0 aromatic heterocycles. The maximum absolute atomic E-state index is 11.2. The van der Waals surface area contributed by atoms with Crippen molar-refractivity contribution >= 4 is 10.5 Å². The standard InChI is InChI=1S/C2H4F2O3S/c3-1-2-7-8(4,5)6/h1-2H2. The van der Waals surface area contributed by atoms with Crippen molar-refractivity contribution in [2.75, 3.05) is 13.3 Å². The van der Waals surface area contributed by atoms with Gasteiger partial charge in [-0.3, -0.25) is 0 Å². The fourth-order valence-corrected chi connectivity index (χ4v) is 0.393. The van der Waals surface area contributed by atoms with Gasteiger partial charge in [0.05, 0.1) is 6.61 Å². The molecule has 0 heterocycles. The van der Waals surface area contributed by atoms with Crippen molar-refractivity contribution in [2.24, 2.45) is 0 Å². The summed E-state index contributed by atoms with van der Waals surface area (Å²) in [5.41, 5.74) is 0. The number of hydrogen-bond donors (Lipinski definition) is 0. The Morgan fingerprint density at radius 3 is 2.12 bits per heavy atom. The first-order valence-electron chi connectivity index (χ1n) is 1.71. The van der Waals surface area contributed by atoms with E-state index in [4.69, 9.17) is 0 Å². The minimum atomic E-state index is -4.93. The van der Waals surface area contributed by atoms with E-state index in [2.05, 4.69) is 4.18 Å². The highest BCUT2D eigenvalue weighted by atomic mass is 32.3. The van der Waals surface area contributed by atoms with Crippen molar-refractivity contribution in [3.05, 3.63) is 0 Å². The molecule has 3 nitrogen and oxygen atoms in total. The molecule has 0 bridgehead atoms. The molecule has 0 amide bonds. The molecule has 0 atom stereocenters. The van der Waals surface area contributed by atoms with Gasteiger partial charge in [0.2, 0.25) is 0 Å². The Hall–Kier alpha value is -0.230. The molecule has 0 aromatic carbocycles. The summed E-state index contributed by atoms with van der Waals surface area (Å²) < 4.78 is 44.1. The highest BCUT2D eigenvalue weighted by molar-refractivity contribution is 7.81. The highest BCUT2D eigenvalue weighted by Crippen LogP contribution is 1.91. The van der Waals surface area contributed by atoms with Crippen LogP contribution in [0.5, 0.6) is 0 Å². The summed E-state index contributed by atoms with van der Waals surface area (Å²) in [6, 6.07) is 0. The molecule has 0 fully saturated rings. The maximum Gasteiger partial charge on any atom is 0.437 e. The zero-order chi connectivity index (χ0) is 6.62. The van der Waals surface area contributed by atoms with E-state index in [1.165, 1.54) is 0 Å². The van der Waals surface area contributed by atoms with Gasteiger partial charge in [-0.15, -0.1) is 0 Å². The van der Waals surface area contributed by atoms with Crippen molar-refractivity contribution < 1.29 is 20.9 Å². The summed E-state index contributed by atoms with van der Waals surface area (Å²) in [6.07, 6.45) is 0. The molecule has 0 aliphatic heterocycles. The Bertz CT molecular complexity index is 139. The van der Waals surface area contributed by atoms with Gasteiger partial charge in [0, 0.05) is 0 Å². The van der Waals surface area contributed by atoms with E-state index in [-0.39, 0.29) is 0 Å². The second kappa shape index (κ2) is 2.93. The molecule has 50 valence electrons. The minimum Gasteiger partial charge on any atom is -0.249 e. The van der Waals surface area contributed by atoms with Crippen molar-refractivity contribution in [3.8, 4) is 0 Å². The topological polar surface area (TPSA) is 43.4 Å². The predicted molar refractivity (Wildman–Crippen MR) is 22.0 cm³/mol. The normalized spacial score (nSPS) is 11.8. The quantitative estimate of drug-likeness (QED) is 0.533. The van der Waals surface area contributed by atoms with Crippen LogP contribution in [0.1, 0.15) is 0 Å². The van der Waals surface area contributed by atoms with Gasteiger partial charge in [-0.05, 0) is 0 Å². The van der Waals surface area contributed by atoms with Crippen LogP contribution in [-0.2, 0) is 14.7 Å². The Morgan fingerprint density at radius 2 is 2.00 bits per heavy atom. The Labute approximate surface area is 45.7 Å². The first kappa shape index (κ1) is 7.77. The average molecular weight is 146 g/mol. The van der Waals surface area contributed by atoms with Crippen molar-refractivity contribution in [1.29, 1.82) is 0 Å². The minimum absolute atomic E-state index is 0.751. The van der Waals surface area contributed by atoms with Crippen molar-refractivity contribution in [3.63, 3.8) is 0 Å². The summed E-state index contributed by atoms with van der Waals surface area (Å²) in [4.78, 5) is 0. The van der Waals surface area contributed by atoms with E-state index in [1.807, 2.05) is 0 Å². The fourth-order valence-electron chi connectivity index (χ4n) is 0.131. The molecule has 8 heavy (non-hydrogen) atoms. The molecule has 0 aliphatic rings. The Morgan fingerprint density at radius 1 is 1.50 bits per heavy atom. The zero-order valence-corrected chi connectivity index (χ0v) is 4.62. The average Bonchev–Trinajstić information content (AvgIpc) is 1.59. The van der Waals surface area contributed by atoms with E-state index < -0.39 is 23.8 Å². The lowest BCUT2D eigenvalue weighted by atomic mass is 10.9. The van der Waals surface area contributed by atoms with Gasteiger partial charge in [0.15, 0.2) is 0 Å². The summed E-state index contributed by atoms with van der Waals surface area (Å²) in [6.45, 7) is -1.76. The molecule has 0 aromatic rings. The molecule has 0 aliphatic carbocycles. The van der Waals surface area contributed by atoms with Crippen LogP contribution in [-0.4, -0.2) is 21.7 Å². The molecule has 0 unspecified atom stereocenters. The third-order valence-corrected chi connectivity index (χ3v) is 0.749. The van der Waals surface area contributed by atoms with Crippen LogP contribution < -0.4 is 0 Å². The van der Waals surface area contributed by atoms with Gasteiger partial charge in [-0.25, -0.2) is 8.57 Å². The predicted octanol–water partition coefficient (Wildman–Crippen LogP) is 0.187. The number of halogens is 2. The summed E-state index contributed by atoms with van der Waals surface area (Å²) in [7, 11) is -4.93. The van der Waals surface area contributed by atoms with Crippen molar-refractivity contribution in [2.45, 2.75) is 0 Å². The number of hydrogen-bond acceptors (Lipinski definition) is 3. The molecule has 0 saturated carbocycles. The Balaban J connectivity index is 3.42. The second-order valence-electron chi connectivity index (χ2n) is 0.904. The van der Waals surface area contributed by atoms with E-state index in [0.717, 1.165) is 0 Å². The molecular formula is C2H4F2O3S. The zero-order valence-electron chi connectivity index (χ0n) is 3.80. The first-order valence-corrected chi connectivity index (χ1v) is 3.02. The SMILES string of the molecule is O=S(=O)(F)OCCF. The molecule has 0 saturated heterocycles. The van der Waals surface area contributed by atoms with Gasteiger partial charge < -0.3 is 0 Å². The number of alkyl halides is 1. The van der Waals surface area contributed by atoms with Crippen LogP contribution in [0.15, 0.2) is 0 Å². The van der Waals surface area contributed by atoms with Gasteiger partial charge in [-0.1, -0.05) is 3.89 Å². The lowest BCUT2D eigenvalue weighted by Crippen LogP contribution is -2.00. The van der Waals surface area contributed by atoms with Crippen LogP contribution in [0.4, 0.5) is 8.28 Å². The molecular weight excluding hydrogens is 142 g/mol. The lowest BCUT2D eigenvalue weighted by Gasteiger charge is -1.88. The monoisotopic (exact) mass is 146 g/mol. The van der Waals surface area contributed by atoms with Gasteiger partial charge in [0.1, 0.15) is 6.67 Å².